The van der Waals surface area contributed by atoms with Crippen molar-refractivity contribution in [1.29, 1.82) is 0 Å². The van der Waals surface area contributed by atoms with Gasteiger partial charge in [-0.25, -0.2) is 4.79 Å². The lowest BCUT2D eigenvalue weighted by Crippen LogP contribution is -2.37. The first-order chi connectivity index (χ1) is 12.3. The predicted molar refractivity (Wildman–Crippen MR) is 98.0 cm³/mol. The Bertz CT molecular complexity index is 862. The van der Waals surface area contributed by atoms with Crippen LogP contribution < -0.4 is 9.47 Å². The van der Waals surface area contributed by atoms with Crippen LogP contribution >= 0.6 is 39.1 Å². The van der Waals surface area contributed by atoms with Crippen LogP contribution in [0.1, 0.15) is 19.4 Å². The van der Waals surface area contributed by atoms with E-state index >= 15 is 0 Å². The first-order valence-electron chi connectivity index (χ1n) is 7.27. The van der Waals surface area contributed by atoms with Crippen molar-refractivity contribution in [3.05, 3.63) is 50.4 Å². The van der Waals surface area contributed by atoms with Gasteiger partial charge in [0, 0.05) is 6.07 Å². The smallest absolute Gasteiger partial charge is 0.416 e. The van der Waals surface area contributed by atoms with Crippen LogP contribution in [-0.2, 0) is 11.0 Å². The summed E-state index contributed by atoms with van der Waals surface area (Å²) in [4.78, 5) is 11.2. The zero-order valence-electron chi connectivity index (χ0n) is 13.8. The molecule has 0 heterocycles. The molecule has 0 aromatic heterocycles. The van der Waals surface area contributed by atoms with Crippen molar-refractivity contribution in [1.82, 2.24) is 0 Å². The largest absolute Gasteiger partial charge is 0.478 e. The van der Waals surface area contributed by atoms with Crippen LogP contribution in [-0.4, -0.2) is 16.7 Å². The molecule has 1 N–H and O–H groups in total. The predicted octanol–water partition coefficient (Wildman–Crippen LogP) is 6.81. The maximum absolute atomic E-state index is 12.8. The standard InChI is InChI=1S/C17H12BrCl2F3O4/c1-16(2,15(24)25)27-13-7-9(3-4-10(13)18)26-14-11(19)5-8(6-12(14)20)17(21,22)23/h3-7H,1-2H3,(H,24,25). The van der Waals surface area contributed by atoms with Gasteiger partial charge in [-0.2, -0.15) is 13.2 Å². The number of hydrogen-bond acceptors (Lipinski definition) is 3. The summed E-state index contributed by atoms with van der Waals surface area (Å²) in [6.45, 7) is 2.72. The molecule has 0 bridgehead atoms. The Labute approximate surface area is 170 Å². The molecule has 0 aliphatic rings. The molecule has 2 rings (SSSR count). The molecule has 4 nitrogen and oxygen atoms in total. The molecule has 0 aliphatic heterocycles. The normalized spacial score (nSPS) is 12.0. The molecule has 146 valence electrons. The zero-order chi connectivity index (χ0) is 20.6. The Hall–Kier alpha value is -1.64. The molecular formula is C17H12BrCl2F3O4. The number of carboxylic acid groups (broad SMARTS) is 1. The van der Waals surface area contributed by atoms with Gasteiger partial charge in [-0.3, -0.25) is 0 Å². The lowest BCUT2D eigenvalue weighted by Gasteiger charge is -2.22. The van der Waals surface area contributed by atoms with E-state index in [1.807, 2.05) is 0 Å². The van der Waals surface area contributed by atoms with E-state index in [1.54, 1.807) is 0 Å². The molecule has 27 heavy (non-hydrogen) atoms. The first kappa shape index (κ1) is 21.7. The monoisotopic (exact) mass is 486 g/mol. The molecular weight excluding hydrogens is 476 g/mol. The van der Waals surface area contributed by atoms with Crippen LogP contribution in [0.3, 0.4) is 0 Å². The second-order valence-electron chi connectivity index (χ2n) is 5.88. The minimum Gasteiger partial charge on any atom is -0.478 e. The summed E-state index contributed by atoms with van der Waals surface area (Å²) in [5, 5.41) is 8.51. The number of rotatable bonds is 5. The number of carbonyl (C=O) groups is 1. The fourth-order valence-corrected chi connectivity index (χ4v) is 2.77. The molecule has 0 saturated carbocycles. The van der Waals surface area contributed by atoms with E-state index < -0.39 is 23.3 Å². The van der Waals surface area contributed by atoms with Crippen LogP contribution in [0.25, 0.3) is 0 Å². The second-order valence-corrected chi connectivity index (χ2v) is 7.55. The molecule has 0 atom stereocenters. The van der Waals surface area contributed by atoms with Crippen LogP contribution in [0, 0.1) is 0 Å². The Kier molecular flexibility index (Phi) is 6.23. The van der Waals surface area contributed by atoms with Gasteiger partial charge in [0.2, 0.25) is 0 Å². The van der Waals surface area contributed by atoms with Crippen molar-refractivity contribution in [2.24, 2.45) is 0 Å². The summed E-state index contributed by atoms with van der Waals surface area (Å²) < 4.78 is 49.8. The average Bonchev–Trinajstić information content (AvgIpc) is 2.52. The molecule has 10 heteroatoms. The second kappa shape index (κ2) is 7.77. The highest BCUT2D eigenvalue weighted by molar-refractivity contribution is 9.10. The van der Waals surface area contributed by atoms with Crippen molar-refractivity contribution in [2.45, 2.75) is 25.6 Å². The number of halogens is 6. The summed E-state index contributed by atoms with van der Waals surface area (Å²) >= 11 is 15.0. The lowest BCUT2D eigenvalue weighted by atomic mass is 10.1. The molecule has 0 unspecified atom stereocenters. The van der Waals surface area contributed by atoms with Gasteiger partial charge in [0.15, 0.2) is 11.4 Å². The van der Waals surface area contributed by atoms with Gasteiger partial charge in [-0.05, 0) is 54.0 Å². The fourth-order valence-electron chi connectivity index (χ4n) is 1.88. The fraction of sp³-hybridized carbons (Fsp3) is 0.235. The molecule has 2 aromatic rings. The van der Waals surface area contributed by atoms with Crippen molar-refractivity contribution in [3.8, 4) is 17.2 Å². The van der Waals surface area contributed by atoms with Crippen molar-refractivity contribution in [3.63, 3.8) is 0 Å². The lowest BCUT2D eigenvalue weighted by molar-refractivity contribution is -0.152. The number of carboxylic acids is 1. The summed E-state index contributed by atoms with van der Waals surface area (Å²) in [5.41, 5.74) is -2.53. The maximum Gasteiger partial charge on any atom is 0.416 e. The van der Waals surface area contributed by atoms with Crippen LogP contribution in [0.5, 0.6) is 17.2 Å². The molecule has 0 amide bonds. The Morgan fingerprint density at radius 3 is 2.15 bits per heavy atom. The summed E-state index contributed by atoms with van der Waals surface area (Å²) in [6, 6.07) is 5.77. The molecule has 0 radical (unpaired) electrons. The van der Waals surface area contributed by atoms with Crippen LogP contribution in [0.2, 0.25) is 10.0 Å². The van der Waals surface area contributed by atoms with E-state index in [9.17, 15) is 18.0 Å². The van der Waals surface area contributed by atoms with E-state index in [2.05, 4.69) is 15.9 Å². The van der Waals surface area contributed by atoms with Gasteiger partial charge in [0.1, 0.15) is 11.5 Å². The number of benzene rings is 2. The first-order valence-corrected chi connectivity index (χ1v) is 8.82. The van der Waals surface area contributed by atoms with Gasteiger partial charge in [-0.15, -0.1) is 0 Å². The van der Waals surface area contributed by atoms with Gasteiger partial charge in [0.25, 0.3) is 0 Å². The SMILES string of the molecule is CC(C)(Oc1cc(Oc2c(Cl)cc(C(F)(F)F)cc2Cl)ccc1Br)C(=O)O. The van der Waals surface area contributed by atoms with Crippen LogP contribution in [0.15, 0.2) is 34.8 Å². The highest BCUT2D eigenvalue weighted by atomic mass is 79.9. The van der Waals surface area contributed by atoms with Crippen LogP contribution in [0.4, 0.5) is 13.2 Å². The van der Waals surface area contributed by atoms with Gasteiger partial charge in [-0.1, -0.05) is 23.2 Å². The maximum atomic E-state index is 12.8. The molecule has 0 aliphatic carbocycles. The van der Waals surface area contributed by atoms with Crippen molar-refractivity contribution < 1.29 is 32.5 Å². The minimum absolute atomic E-state index is 0.137. The van der Waals surface area contributed by atoms with E-state index in [0.717, 1.165) is 0 Å². The van der Waals surface area contributed by atoms with E-state index in [4.69, 9.17) is 37.8 Å². The molecule has 0 saturated heterocycles. The zero-order valence-corrected chi connectivity index (χ0v) is 16.9. The number of hydrogen-bond donors (Lipinski definition) is 1. The summed E-state index contributed by atoms with van der Waals surface area (Å²) in [6.07, 6.45) is -4.60. The number of ether oxygens (including phenoxy) is 2. The third kappa shape index (κ3) is 5.21. The number of alkyl halides is 3. The highest BCUT2D eigenvalue weighted by Gasteiger charge is 2.33. The highest BCUT2D eigenvalue weighted by Crippen LogP contribution is 2.42. The van der Waals surface area contributed by atoms with E-state index in [0.29, 0.717) is 16.6 Å². The molecule has 2 aromatic carbocycles. The average molecular weight is 488 g/mol. The Morgan fingerprint density at radius 1 is 1.11 bits per heavy atom. The third-order valence-electron chi connectivity index (χ3n) is 3.33. The molecule has 0 spiro atoms. The summed E-state index contributed by atoms with van der Waals surface area (Å²) in [7, 11) is 0. The van der Waals surface area contributed by atoms with Gasteiger partial charge in [0.05, 0.1) is 20.1 Å². The summed E-state index contributed by atoms with van der Waals surface area (Å²) in [5.74, 6) is -1.07. The topological polar surface area (TPSA) is 55.8 Å². The van der Waals surface area contributed by atoms with Crippen molar-refractivity contribution in [2.75, 3.05) is 0 Å². The Balaban J connectivity index is 2.36. The van der Waals surface area contributed by atoms with E-state index in [-0.39, 0.29) is 27.3 Å². The number of aliphatic carboxylic acids is 1. The Morgan fingerprint density at radius 2 is 1.67 bits per heavy atom. The van der Waals surface area contributed by atoms with Gasteiger partial charge < -0.3 is 14.6 Å². The van der Waals surface area contributed by atoms with E-state index in [1.165, 1.54) is 32.0 Å². The van der Waals surface area contributed by atoms with Gasteiger partial charge >= 0.3 is 12.1 Å². The quantitative estimate of drug-likeness (QED) is 0.503. The minimum atomic E-state index is -4.60. The van der Waals surface area contributed by atoms with Crippen molar-refractivity contribution >= 4 is 45.1 Å². The molecule has 0 fully saturated rings. The third-order valence-corrected chi connectivity index (χ3v) is 4.54.